The number of aryl methyl sites for hydroxylation is 2. The first kappa shape index (κ1) is 18.0. The van der Waals surface area contributed by atoms with Crippen molar-refractivity contribution >= 4 is 11.6 Å². The molecule has 7 nitrogen and oxygen atoms in total. The Hall–Kier alpha value is -3.35. The van der Waals surface area contributed by atoms with Crippen LogP contribution in [0.15, 0.2) is 41.2 Å². The molecule has 1 aliphatic heterocycles. The number of benzene rings is 1. The highest BCUT2D eigenvalue weighted by Gasteiger charge is 2.32. The Morgan fingerprint density at radius 2 is 1.96 bits per heavy atom. The Morgan fingerprint density at radius 1 is 1.21 bits per heavy atom. The molecule has 2 aromatic heterocycles. The Bertz CT molecular complexity index is 1010. The topological polar surface area (TPSA) is 77.7 Å². The van der Waals surface area contributed by atoms with Crippen LogP contribution >= 0.6 is 0 Å². The Morgan fingerprint density at radius 3 is 2.61 bits per heavy atom. The van der Waals surface area contributed by atoms with E-state index >= 15 is 0 Å². The summed E-state index contributed by atoms with van der Waals surface area (Å²) in [5, 5.41) is 4.03. The van der Waals surface area contributed by atoms with Crippen LogP contribution in [0.3, 0.4) is 0 Å². The molecular weight excluding hydrogens is 358 g/mol. The minimum absolute atomic E-state index is 0.0181. The van der Waals surface area contributed by atoms with Gasteiger partial charge in [-0.1, -0.05) is 5.16 Å². The van der Waals surface area contributed by atoms with Crippen LogP contribution in [0.4, 0.5) is 5.69 Å². The first-order valence-corrected chi connectivity index (χ1v) is 9.01. The number of pyridine rings is 1. The van der Waals surface area contributed by atoms with E-state index in [1.54, 1.807) is 24.4 Å². The van der Waals surface area contributed by atoms with E-state index in [2.05, 4.69) is 10.1 Å². The number of fused-ring (bicyclic) bond motifs is 1. The normalized spacial score (nSPS) is 14.4. The van der Waals surface area contributed by atoms with Crippen LogP contribution in [0, 0.1) is 13.8 Å². The van der Waals surface area contributed by atoms with Gasteiger partial charge in [0.1, 0.15) is 17.3 Å². The van der Waals surface area contributed by atoms with Gasteiger partial charge in [0.05, 0.1) is 30.1 Å². The molecule has 0 N–H and O–H groups in total. The predicted molar refractivity (Wildman–Crippen MR) is 104 cm³/mol. The molecule has 0 radical (unpaired) electrons. The SMILES string of the molecule is COc1cc2c(cc1-c1c(C)noc1C)OCC(=O)N2C(C)c1ccncc1. The van der Waals surface area contributed by atoms with Gasteiger partial charge in [-0.05, 0) is 44.5 Å². The van der Waals surface area contributed by atoms with E-state index in [0.29, 0.717) is 22.9 Å². The van der Waals surface area contributed by atoms with Crippen molar-refractivity contribution in [1.82, 2.24) is 10.1 Å². The molecule has 0 saturated carbocycles. The maximum absolute atomic E-state index is 12.7. The molecule has 7 heteroatoms. The lowest BCUT2D eigenvalue weighted by molar-refractivity contribution is -0.121. The van der Waals surface area contributed by atoms with Gasteiger partial charge in [-0.2, -0.15) is 0 Å². The van der Waals surface area contributed by atoms with Crippen molar-refractivity contribution in [3.63, 3.8) is 0 Å². The van der Waals surface area contributed by atoms with Crippen LogP contribution in [0.5, 0.6) is 11.5 Å². The summed E-state index contributed by atoms with van der Waals surface area (Å²) in [6, 6.07) is 7.36. The lowest BCUT2D eigenvalue weighted by atomic mass is 10.00. The predicted octanol–water partition coefficient (Wildman–Crippen LogP) is 3.85. The summed E-state index contributed by atoms with van der Waals surface area (Å²) in [5.41, 5.74) is 4.12. The Balaban J connectivity index is 1.85. The van der Waals surface area contributed by atoms with E-state index in [4.69, 9.17) is 14.0 Å². The Labute approximate surface area is 162 Å². The van der Waals surface area contributed by atoms with E-state index in [1.165, 1.54) is 0 Å². The minimum atomic E-state index is -0.173. The van der Waals surface area contributed by atoms with Crippen molar-refractivity contribution in [3.05, 3.63) is 53.7 Å². The monoisotopic (exact) mass is 379 g/mol. The second-order valence-electron chi connectivity index (χ2n) is 6.73. The molecule has 4 rings (SSSR count). The number of hydrogen-bond acceptors (Lipinski definition) is 6. The lowest BCUT2D eigenvalue weighted by Crippen LogP contribution is -2.40. The van der Waals surface area contributed by atoms with E-state index in [9.17, 15) is 4.79 Å². The molecule has 0 aliphatic carbocycles. The number of anilines is 1. The fraction of sp³-hybridized carbons (Fsp3) is 0.286. The van der Waals surface area contributed by atoms with Gasteiger partial charge in [0.2, 0.25) is 0 Å². The zero-order valence-corrected chi connectivity index (χ0v) is 16.2. The largest absolute Gasteiger partial charge is 0.496 e. The summed E-state index contributed by atoms with van der Waals surface area (Å²) in [7, 11) is 1.60. The molecule has 28 heavy (non-hydrogen) atoms. The molecule has 3 heterocycles. The number of carbonyl (C=O) groups is 1. The summed E-state index contributed by atoms with van der Waals surface area (Å²) in [6.07, 6.45) is 3.44. The van der Waals surface area contributed by atoms with Crippen LogP contribution in [0.25, 0.3) is 11.1 Å². The van der Waals surface area contributed by atoms with Crippen molar-refractivity contribution in [1.29, 1.82) is 0 Å². The smallest absolute Gasteiger partial charge is 0.265 e. The summed E-state index contributed by atoms with van der Waals surface area (Å²) in [5.74, 6) is 1.84. The fourth-order valence-corrected chi connectivity index (χ4v) is 3.64. The van der Waals surface area contributed by atoms with Gasteiger partial charge in [-0.3, -0.25) is 14.7 Å². The molecule has 0 saturated heterocycles. The number of aromatic nitrogens is 2. The molecule has 3 aromatic rings. The van der Waals surface area contributed by atoms with Crippen molar-refractivity contribution in [2.75, 3.05) is 18.6 Å². The molecule has 1 aliphatic rings. The van der Waals surface area contributed by atoms with Gasteiger partial charge in [-0.15, -0.1) is 0 Å². The number of amides is 1. The molecule has 1 amide bonds. The molecule has 1 atom stereocenters. The van der Waals surface area contributed by atoms with E-state index < -0.39 is 0 Å². The highest BCUT2D eigenvalue weighted by molar-refractivity contribution is 5.99. The Kier molecular flexibility index (Phi) is 4.50. The van der Waals surface area contributed by atoms with Gasteiger partial charge in [0.25, 0.3) is 5.91 Å². The number of ether oxygens (including phenoxy) is 2. The van der Waals surface area contributed by atoms with Crippen molar-refractivity contribution < 1.29 is 18.8 Å². The van der Waals surface area contributed by atoms with Crippen LogP contribution in [0.2, 0.25) is 0 Å². The van der Waals surface area contributed by atoms with Crippen molar-refractivity contribution in [3.8, 4) is 22.6 Å². The summed E-state index contributed by atoms with van der Waals surface area (Å²) >= 11 is 0. The van der Waals surface area contributed by atoms with Crippen molar-refractivity contribution in [2.45, 2.75) is 26.8 Å². The summed E-state index contributed by atoms with van der Waals surface area (Å²) in [6.45, 7) is 5.70. The molecule has 1 unspecified atom stereocenters. The van der Waals surface area contributed by atoms with E-state index in [0.717, 1.165) is 22.4 Å². The first-order chi connectivity index (χ1) is 13.5. The number of rotatable bonds is 4. The summed E-state index contributed by atoms with van der Waals surface area (Å²) < 4.78 is 16.7. The number of nitrogens with zero attached hydrogens (tertiary/aromatic N) is 3. The second kappa shape index (κ2) is 6.99. The molecule has 0 bridgehead atoms. The highest BCUT2D eigenvalue weighted by Crippen LogP contribution is 2.45. The third-order valence-electron chi connectivity index (χ3n) is 5.04. The molecule has 0 spiro atoms. The molecule has 144 valence electrons. The third-order valence-corrected chi connectivity index (χ3v) is 5.04. The minimum Gasteiger partial charge on any atom is -0.496 e. The van der Waals surface area contributed by atoms with Crippen LogP contribution in [-0.2, 0) is 4.79 Å². The zero-order valence-electron chi connectivity index (χ0n) is 16.2. The van der Waals surface area contributed by atoms with Crippen LogP contribution < -0.4 is 14.4 Å². The standard InChI is InChI=1S/C21H21N3O4/c1-12-21(14(3)28-23-12)16-9-19-17(10-18(16)26-4)24(20(25)11-27-19)13(2)15-5-7-22-8-6-15/h5-10,13H,11H2,1-4H3. The van der Waals surface area contributed by atoms with Crippen LogP contribution in [-0.4, -0.2) is 29.8 Å². The number of carbonyl (C=O) groups excluding carboxylic acids is 1. The second-order valence-corrected chi connectivity index (χ2v) is 6.73. The maximum atomic E-state index is 12.7. The quantitative estimate of drug-likeness (QED) is 0.685. The molecule has 1 aromatic carbocycles. The average Bonchev–Trinajstić information content (AvgIpc) is 3.05. The van der Waals surface area contributed by atoms with E-state index in [-0.39, 0.29) is 18.6 Å². The molecular formula is C21H21N3O4. The van der Waals surface area contributed by atoms with Gasteiger partial charge in [-0.25, -0.2) is 0 Å². The fourth-order valence-electron chi connectivity index (χ4n) is 3.64. The maximum Gasteiger partial charge on any atom is 0.265 e. The van der Waals surface area contributed by atoms with Gasteiger partial charge >= 0.3 is 0 Å². The zero-order chi connectivity index (χ0) is 19.8. The number of hydrogen-bond donors (Lipinski definition) is 0. The van der Waals surface area contributed by atoms with Gasteiger partial charge < -0.3 is 14.0 Å². The highest BCUT2D eigenvalue weighted by atomic mass is 16.5. The van der Waals surface area contributed by atoms with Gasteiger partial charge in [0.15, 0.2) is 6.61 Å². The average molecular weight is 379 g/mol. The first-order valence-electron chi connectivity index (χ1n) is 9.01. The van der Waals surface area contributed by atoms with E-state index in [1.807, 2.05) is 45.0 Å². The van der Waals surface area contributed by atoms with Crippen molar-refractivity contribution in [2.24, 2.45) is 0 Å². The van der Waals surface area contributed by atoms with Gasteiger partial charge in [0, 0.05) is 24.0 Å². The molecule has 0 fully saturated rings. The lowest BCUT2D eigenvalue weighted by Gasteiger charge is -2.35. The third kappa shape index (κ3) is 2.89. The van der Waals surface area contributed by atoms with Crippen LogP contribution in [0.1, 0.15) is 30.0 Å². The summed E-state index contributed by atoms with van der Waals surface area (Å²) in [4.78, 5) is 18.5. The number of methoxy groups -OCH3 is 1.